The van der Waals surface area contributed by atoms with E-state index in [9.17, 15) is 14.4 Å². The van der Waals surface area contributed by atoms with Crippen molar-refractivity contribution >= 4 is 17.7 Å². The number of carbonyl (C=O) groups is 3. The van der Waals surface area contributed by atoms with E-state index in [1.54, 1.807) is 19.1 Å². The van der Waals surface area contributed by atoms with E-state index < -0.39 is 24.5 Å². The Hall–Kier alpha value is -2.21. The minimum Gasteiger partial charge on any atom is -0.480 e. The highest BCUT2D eigenvalue weighted by molar-refractivity contribution is 6.08. The zero-order chi connectivity index (χ0) is 14.4. The number of aliphatic hydroxyl groups is 1. The van der Waals surface area contributed by atoms with E-state index in [4.69, 9.17) is 10.2 Å². The van der Waals surface area contributed by atoms with Crippen LogP contribution in [-0.2, 0) is 4.79 Å². The molecular formula is C13H15NO5. The zero-order valence-electron chi connectivity index (χ0n) is 10.4. The van der Waals surface area contributed by atoms with Gasteiger partial charge in [-0.05, 0) is 6.07 Å². The third kappa shape index (κ3) is 3.62. The first-order valence-electron chi connectivity index (χ1n) is 5.78. The number of carboxylic acids is 1. The van der Waals surface area contributed by atoms with Crippen LogP contribution in [0.3, 0.4) is 0 Å². The van der Waals surface area contributed by atoms with Gasteiger partial charge >= 0.3 is 5.97 Å². The quantitative estimate of drug-likeness (QED) is 0.648. The molecule has 6 nitrogen and oxygen atoms in total. The van der Waals surface area contributed by atoms with Gasteiger partial charge in [0.05, 0.1) is 12.2 Å². The van der Waals surface area contributed by atoms with Crippen molar-refractivity contribution in [2.45, 2.75) is 19.4 Å². The molecule has 0 bridgehead atoms. The van der Waals surface area contributed by atoms with Gasteiger partial charge < -0.3 is 15.5 Å². The van der Waals surface area contributed by atoms with Gasteiger partial charge in [-0.25, -0.2) is 4.79 Å². The molecule has 0 aromatic heterocycles. The molecule has 0 radical (unpaired) electrons. The number of hydrogen-bond donors (Lipinski definition) is 3. The van der Waals surface area contributed by atoms with Crippen LogP contribution in [0.2, 0.25) is 0 Å². The second kappa shape index (κ2) is 6.65. The van der Waals surface area contributed by atoms with E-state index in [1.807, 2.05) is 0 Å². The number of amides is 1. The van der Waals surface area contributed by atoms with Crippen molar-refractivity contribution in [3.05, 3.63) is 35.4 Å². The number of carboxylic acid groups (broad SMARTS) is 1. The molecule has 0 spiro atoms. The highest BCUT2D eigenvalue weighted by atomic mass is 16.4. The van der Waals surface area contributed by atoms with Gasteiger partial charge in [-0.1, -0.05) is 25.1 Å². The molecule has 1 atom stereocenters. The topological polar surface area (TPSA) is 104 Å². The Kier molecular flexibility index (Phi) is 5.20. The summed E-state index contributed by atoms with van der Waals surface area (Å²) >= 11 is 0. The molecule has 1 aromatic rings. The van der Waals surface area contributed by atoms with Crippen molar-refractivity contribution in [2.75, 3.05) is 6.61 Å². The first-order valence-corrected chi connectivity index (χ1v) is 5.78. The molecule has 0 aliphatic rings. The number of hydrogen-bond acceptors (Lipinski definition) is 4. The Bertz CT molecular complexity index is 498. The molecule has 0 saturated carbocycles. The number of ketones is 1. The SMILES string of the molecule is CCC(=O)c1ccccc1C(=O)NC(CO)C(=O)O. The van der Waals surface area contributed by atoms with Crippen LogP contribution >= 0.6 is 0 Å². The summed E-state index contributed by atoms with van der Waals surface area (Å²) in [5, 5.41) is 19.8. The summed E-state index contributed by atoms with van der Waals surface area (Å²) in [6.45, 7) is 0.954. The lowest BCUT2D eigenvalue weighted by Gasteiger charge is -2.13. The van der Waals surface area contributed by atoms with Crippen LogP contribution in [-0.4, -0.2) is 40.5 Å². The van der Waals surface area contributed by atoms with Crippen molar-refractivity contribution in [3.63, 3.8) is 0 Å². The molecule has 0 fully saturated rings. The summed E-state index contributed by atoms with van der Waals surface area (Å²) in [6.07, 6.45) is 0.243. The fourth-order valence-electron chi connectivity index (χ4n) is 1.54. The third-order valence-electron chi connectivity index (χ3n) is 2.58. The maximum Gasteiger partial charge on any atom is 0.328 e. The first-order chi connectivity index (χ1) is 9.01. The van der Waals surface area contributed by atoms with E-state index in [0.717, 1.165) is 0 Å². The van der Waals surface area contributed by atoms with E-state index >= 15 is 0 Å². The van der Waals surface area contributed by atoms with Gasteiger partial charge in [0.1, 0.15) is 0 Å². The van der Waals surface area contributed by atoms with Crippen molar-refractivity contribution in [1.29, 1.82) is 0 Å². The van der Waals surface area contributed by atoms with Crippen LogP contribution in [0.4, 0.5) is 0 Å². The Morgan fingerprint density at radius 3 is 2.26 bits per heavy atom. The fraction of sp³-hybridized carbons (Fsp3) is 0.308. The van der Waals surface area contributed by atoms with Crippen LogP contribution < -0.4 is 5.32 Å². The van der Waals surface area contributed by atoms with Gasteiger partial charge in [-0.3, -0.25) is 9.59 Å². The number of carbonyl (C=O) groups excluding carboxylic acids is 2. The minimum absolute atomic E-state index is 0.106. The molecule has 102 valence electrons. The number of aliphatic hydroxyl groups excluding tert-OH is 1. The third-order valence-corrected chi connectivity index (χ3v) is 2.58. The summed E-state index contributed by atoms with van der Waals surface area (Å²) in [4.78, 5) is 34.3. The molecule has 1 rings (SSSR count). The monoisotopic (exact) mass is 265 g/mol. The van der Waals surface area contributed by atoms with Crippen LogP contribution in [0.25, 0.3) is 0 Å². The molecule has 0 aliphatic heterocycles. The van der Waals surface area contributed by atoms with Gasteiger partial charge in [0, 0.05) is 12.0 Å². The average molecular weight is 265 g/mol. The number of Topliss-reactive ketones (excluding diaryl/α,β-unsaturated/α-hetero) is 1. The second-order valence-corrected chi connectivity index (χ2v) is 3.87. The van der Waals surface area contributed by atoms with E-state index in [2.05, 4.69) is 5.32 Å². The molecule has 19 heavy (non-hydrogen) atoms. The van der Waals surface area contributed by atoms with Gasteiger partial charge in [0.25, 0.3) is 5.91 Å². The van der Waals surface area contributed by atoms with Gasteiger partial charge in [-0.15, -0.1) is 0 Å². The predicted molar refractivity (Wildman–Crippen MR) is 67.0 cm³/mol. The average Bonchev–Trinajstić information content (AvgIpc) is 2.43. The molecule has 6 heteroatoms. The lowest BCUT2D eigenvalue weighted by molar-refractivity contribution is -0.140. The Balaban J connectivity index is 3.00. The maximum atomic E-state index is 11.9. The molecule has 1 aromatic carbocycles. The molecular weight excluding hydrogens is 250 g/mol. The number of aliphatic carboxylic acids is 1. The van der Waals surface area contributed by atoms with E-state index in [-0.39, 0.29) is 23.3 Å². The molecule has 0 aliphatic carbocycles. The summed E-state index contributed by atoms with van der Waals surface area (Å²) in [6, 6.07) is 4.76. The van der Waals surface area contributed by atoms with E-state index in [0.29, 0.717) is 0 Å². The van der Waals surface area contributed by atoms with Gasteiger partial charge in [-0.2, -0.15) is 0 Å². The Morgan fingerprint density at radius 1 is 1.21 bits per heavy atom. The Morgan fingerprint density at radius 2 is 1.79 bits per heavy atom. The summed E-state index contributed by atoms with van der Waals surface area (Å²) < 4.78 is 0. The molecule has 3 N–H and O–H groups in total. The largest absolute Gasteiger partial charge is 0.480 e. The standard InChI is InChI=1S/C13H15NO5/c1-2-11(16)8-5-3-4-6-9(8)12(17)14-10(7-15)13(18)19/h3-6,10,15H,2,7H2,1H3,(H,14,17)(H,18,19). The summed E-state index contributed by atoms with van der Waals surface area (Å²) in [5.74, 6) is -2.24. The second-order valence-electron chi connectivity index (χ2n) is 3.87. The molecule has 0 saturated heterocycles. The number of nitrogens with one attached hydrogen (secondary N) is 1. The maximum absolute atomic E-state index is 11.9. The van der Waals surface area contributed by atoms with E-state index in [1.165, 1.54) is 12.1 Å². The van der Waals surface area contributed by atoms with Crippen molar-refractivity contribution in [2.24, 2.45) is 0 Å². The minimum atomic E-state index is -1.39. The fourth-order valence-corrected chi connectivity index (χ4v) is 1.54. The highest BCUT2D eigenvalue weighted by Gasteiger charge is 2.22. The lowest BCUT2D eigenvalue weighted by atomic mass is 10.0. The molecule has 0 heterocycles. The van der Waals surface area contributed by atoms with Crippen LogP contribution in [0, 0.1) is 0 Å². The van der Waals surface area contributed by atoms with Crippen molar-refractivity contribution in [1.82, 2.24) is 5.32 Å². The molecule has 1 amide bonds. The lowest BCUT2D eigenvalue weighted by Crippen LogP contribution is -2.43. The van der Waals surface area contributed by atoms with Gasteiger partial charge in [0.2, 0.25) is 0 Å². The summed E-state index contributed by atoms with van der Waals surface area (Å²) in [5.41, 5.74) is 0.346. The highest BCUT2D eigenvalue weighted by Crippen LogP contribution is 2.11. The normalized spacial score (nSPS) is 11.7. The first kappa shape index (κ1) is 14.8. The Labute approximate surface area is 110 Å². The summed E-state index contributed by atoms with van der Waals surface area (Å²) in [7, 11) is 0. The van der Waals surface area contributed by atoms with Crippen LogP contribution in [0.5, 0.6) is 0 Å². The number of rotatable bonds is 6. The van der Waals surface area contributed by atoms with Gasteiger partial charge in [0.15, 0.2) is 11.8 Å². The number of benzene rings is 1. The zero-order valence-corrected chi connectivity index (χ0v) is 10.4. The van der Waals surface area contributed by atoms with Crippen molar-refractivity contribution < 1.29 is 24.6 Å². The van der Waals surface area contributed by atoms with Crippen molar-refractivity contribution in [3.8, 4) is 0 Å². The molecule has 1 unspecified atom stereocenters. The predicted octanol–water partition coefficient (Wildman–Crippen LogP) is 0.455. The smallest absolute Gasteiger partial charge is 0.328 e. The van der Waals surface area contributed by atoms with Crippen LogP contribution in [0.15, 0.2) is 24.3 Å². The van der Waals surface area contributed by atoms with Crippen LogP contribution in [0.1, 0.15) is 34.1 Å².